The molecular formula is C11H14O4. The smallest absolute Gasteiger partial charge is 0.336 e. The molecule has 0 saturated heterocycles. The minimum atomic E-state index is -1.48. The zero-order chi connectivity index (χ0) is 11.4. The molecule has 1 aromatic carbocycles. The summed E-state index contributed by atoms with van der Waals surface area (Å²) in [5, 5.41) is 17.5. The van der Waals surface area contributed by atoms with Gasteiger partial charge in [0, 0.05) is 0 Å². The van der Waals surface area contributed by atoms with Crippen LogP contribution in [0.2, 0.25) is 0 Å². The van der Waals surface area contributed by atoms with E-state index in [0.717, 1.165) is 11.1 Å². The molecule has 0 amide bonds. The van der Waals surface area contributed by atoms with Gasteiger partial charge in [0.25, 0.3) is 0 Å². The minimum absolute atomic E-state index is 0.235. The molecule has 0 saturated carbocycles. The Morgan fingerprint density at radius 3 is 2.40 bits per heavy atom. The lowest BCUT2D eigenvalue weighted by Crippen LogP contribution is -2.27. The van der Waals surface area contributed by atoms with Crippen molar-refractivity contribution in [3.05, 3.63) is 29.3 Å². The van der Waals surface area contributed by atoms with E-state index in [9.17, 15) is 4.79 Å². The molecule has 15 heavy (non-hydrogen) atoms. The summed E-state index contributed by atoms with van der Waals surface area (Å²) in [5.41, 5.74) is 1.85. The number of benzene rings is 1. The molecule has 0 spiro atoms. The van der Waals surface area contributed by atoms with Crippen molar-refractivity contribution >= 4 is 5.97 Å². The molecule has 0 aliphatic rings. The highest BCUT2D eigenvalue weighted by atomic mass is 16.5. The molecule has 0 aliphatic carbocycles. The van der Waals surface area contributed by atoms with Gasteiger partial charge in [-0.3, -0.25) is 0 Å². The molecule has 0 radical (unpaired) electrons. The second-order valence-corrected chi connectivity index (χ2v) is 3.39. The number of carboxylic acids is 1. The van der Waals surface area contributed by atoms with Crippen molar-refractivity contribution in [1.82, 2.24) is 0 Å². The van der Waals surface area contributed by atoms with Crippen LogP contribution in [0.5, 0.6) is 5.75 Å². The lowest BCUT2D eigenvalue weighted by Gasteiger charge is -2.13. The molecule has 1 atom stereocenters. The number of hydrogen-bond donors (Lipinski definition) is 2. The average Bonchev–Trinajstić information content (AvgIpc) is 2.16. The Morgan fingerprint density at radius 2 is 1.93 bits per heavy atom. The Bertz CT molecular complexity index is 339. The average molecular weight is 210 g/mol. The summed E-state index contributed by atoms with van der Waals surface area (Å²) >= 11 is 0. The first-order valence-corrected chi connectivity index (χ1v) is 4.62. The van der Waals surface area contributed by atoms with Gasteiger partial charge < -0.3 is 14.9 Å². The number of carboxylic acid groups (broad SMARTS) is 1. The van der Waals surface area contributed by atoms with E-state index in [1.54, 1.807) is 0 Å². The second kappa shape index (κ2) is 4.79. The quantitative estimate of drug-likeness (QED) is 0.781. The molecular weight excluding hydrogens is 196 g/mol. The largest absolute Gasteiger partial charge is 0.490 e. The third-order valence-electron chi connectivity index (χ3n) is 2.08. The molecule has 0 aliphatic heterocycles. The van der Waals surface area contributed by atoms with E-state index in [1.165, 1.54) is 0 Å². The van der Waals surface area contributed by atoms with Gasteiger partial charge in [-0.25, -0.2) is 4.79 Å². The topological polar surface area (TPSA) is 66.8 Å². The first kappa shape index (κ1) is 11.5. The monoisotopic (exact) mass is 210 g/mol. The van der Waals surface area contributed by atoms with Crippen LogP contribution in [0, 0.1) is 13.8 Å². The Morgan fingerprint density at radius 1 is 1.40 bits per heavy atom. The summed E-state index contributed by atoms with van der Waals surface area (Å²) in [6.45, 7) is 3.51. The molecule has 0 heterocycles. The van der Waals surface area contributed by atoms with Crippen LogP contribution in [0.1, 0.15) is 11.1 Å². The molecule has 4 heteroatoms. The third-order valence-corrected chi connectivity index (χ3v) is 2.08. The normalized spacial score (nSPS) is 12.2. The highest BCUT2D eigenvalue weighted by Crippen LogP contribution is 2.22. The van der Waals surface area contributed by atoms with E-state index in [0.29, 0.717) is 5.75 Å². The van der Waals surface area contributed by atoms with Crippen molar-refractivity contribution in [2.75, 3.05) is 6.61 Å². The van der Waals surface area contributed by atoms with E-state index in [-0.39, 0.29) is 6.61 Å². The van der Waals surface area contributed by atoms with Gasteiger partial charge in [-0.1, -0.05) is 18.2 Å². The molecule has 1 rings (SSSR count). The van der Waals surface area contributed by atoms with E-state index in [1.807, 2.05) is 32.0 Å². The van der Waals surface area contributed by atoms with E-state index in [2.05, 4.69) is 0 Å². The molecule has 0 bridgehead atoms. The van der Waals surface area contributed by atoms with Crippen LogP contribution in [-0.4, -0.2) is 28.9 Å². The minimum Gasteiger partial charge on any atom is -0.490 e. The highest BCUT2D eigenvalue weighted by Gasteiger charge is 2.14. The number of aliphatic hydroxyl groups is 1. The summed E-state index contributed by atoms with van der Waals surface area (Å²) in [4.78, 5) is 10.4. The van der Waals surface area contributed by atoms with Crippen molar-refractivity contribution in [3.63, 3.8) is 0 Å². The number of para-hydroxylation sites is 1. The maximum absolute atomic E-state index is 10.4. The van der Waals surface area contributed by atoms with Crippen LogP contribution in [0.4, 0.5) is 0 Å². The molecule has 82 valence electrons. The number of aryl methyl sites for hydroxylation is 2. The van der Waals surface area contributed by atoms with Gasteiger partial charge in [-0.05, 0) is 25.0 Å². The summed E-state index contributed by atoms with van der Waals surface area (Å²) in [5.74, 6) is -0.640. The fraction of sp³-hybridized carbons (Fsp3) is 0.364. The van der Waals surface area contributed by atoms with Gasteiger partial charge in [-0.15, -0.1) is 0 Å². The molecule has 0 aromatic heterocycles. The zero-order valence-electron chi connectivity index (χ0n) is 8.73. The van der Waals surface area contributed by atoms with Crippen molar-refractivity contribution in [2.45, 2.75) is 20.0 Å². The van der Waals surface area contributed by atoms with Gasteiger partial charge in [0.1, 0.15) is 12.4 Å². The van der Waals surface area contributed by atoms with Crippen LogP contribution in [0.3, 0.4) is 0 Å². The Kier molecular flexibility index (Phi) is 3.68. The third kappa shape index (κ3) is 2.95. The molecule has 0 fully saturated rings. The van der Waals surface area contributed by atoms with Crippen LogP contribution in [0.25, 0.3) is 0 Å². The van der Waals surface area contributed by atoms with Crippen molar-refractivity contribution in [3.8, 4) is 5.75 Å². The molecule has 1 aromatic rings. The number of hydrogen-bond acceptors (Lipinski definition) is 3. The SMILES string of the molecule is Cc1cccc(C)c1OCC(O)C(=O)O. The van der Waals surface area contributed by atoms with E-state index in [4.69, 9.17) is 14.9 Å². The zero-order valence-corrected chi connectivity index (χ0v) is 8.73. The fourth-order valence-electron chi connectivity index (χ4n) is 1.26. The Hall–Kier alpha value is -1.55. The van der Waals surface area contributed by atoms with Crippen LogP contribution in [-0.2, 0) is 4.79 Å². The number of aliphatic carboxylic acids is 1. The number of aliphatic hydroxyl groups excluding tert-OH is 1. The maximum Gasteiger partial charge on any atom is 0.336 e. The standard InChI is InChI=1S/C11H14O4/c1-7-4-3-5-8(2)10(7)15-6-9(12)11(13)14/h3-5,9,12H,6H2,1-2H3,(H,13,14). The number of rotatable bonds is 4. The lowest BCUT2D eigenvalue weighted by molar-refractivity contribution is -0.148. The van der Waals surface area contributed by atoms with Crippen molar-refractivity contribution < 1.29 is 19.7 Å². The maximum atomic E-state index is 10.4. The van der Waals surface area contributed by atoms with Gasteiger partial charge in [-0.2, -0.15) is 0 Å². The highest BCUT2D eigenvalue weighted by molar-refractivity contribution is 5.72. The van der Waals surface area contributed by atoms with Crippen LogP contribution in [0.15, 0.2) is 18.2 Å². The summed E-state index contributed by atoms with van der Waals surface area (Å²) < 4.78 is 5.26. The first-order valence-electron chi connectivity index (χ1n) is 4.62. The van der Waals surface area contributed by atoms with E-state index >= 15 is 0 Å². The van der Waals surface area contributed by atoms with Gasteiger partial charge in [0.05, 0.1) is 0 Å². The molecule has 2 N–H and O–H groups in total. The lowest BCUT2D eigenvalue weighted by atomic mass is 10.1. The van der Waals surface area contributed by atoms with Crippen LogP contribution < -0.4 is 4.74 Å². The fourth-order valence-corrected chi connectivity index (χ4v) is 1.26. The second-order valence-electron chi connectivity index (χ2n) is 3.39. The van der Waals surface area contributed by atoms with E-state index < -0.39 is 12.1 Å². The van der Waals surface area contributed by atoms with Gasteiger partial charge in [0.2, 0.25) is 0 Å². The van der Waals surface area contributed by atoms with Crippen molar-refractivity contribution in [2.24, 2.45) is 0 Å². The van der Waals surface area contributed by atoms with Crippen LogP contribution >= 0.6 is 0 Å². The predicted octanol–water partition coefficient (Wildman–Crippen LogP) is 1.13. The molecule has 1 unspecified atom stereocenters. The summed E-state index contributed by atoms with van der Waals surface area (Å²) in [6, 6.07) is 5.64. The Balaban J connectivity index is 2.69. The summed E-state index contributed by atoms with van der Waals surface area (Å²) in [6.07, 6.45) is -1.48. The Labute approximate surface area is 88.1 Å². The number of ether oxygens (including phenoxy) is 1. The van der Waals surface area contributed by atoms with Gasteiger partial charge in [0.15, 0.2) is 6.10 Å². The predicted molar refractivity (Wildman–Crippen MR) is 55.1 cm³/mol. The van der Waals surface area contributed by atoms with Gasteiger partial charge >= 0.3 is 5.97 Å². The first-order chi connectivity index (χ1) is 7.02. The summed E-state index contributed by atoms with van der Waals surface area (Å²) in [7, 11) is 0. The molecule has 4 nitrogen and oxygen atoms in total. The van der Waals surface area contributed by atoms with Crippen molar-refractivity contribution in [1.29, 1.82) is 0 Å². The number of carbonyl (C=O) groups is 1.